The highest BCUT2D eigenvalue weighted by molar-refractivity contribution is 9.10. The maximum atomic E-state index is 11.2. The lowest BCUT2D eigenvalue weighted by molar-refractivity contribution is -0.385. The van der Waals surface area contributed by atoms with Gasteiger partial charge < -0.3 is 5.32 Å². The maximum absolute atomic E-state index is 11.2. The van der Waals surface area contributed by atoms with Crippen molar-refractivity contribution < 1.29 is 4.92 Å². The third-order valence-electron chi connectivity index (χ3n) is 4.24. The minimum absolute atomic E-state index is 0.149. The number of halogens is 1. The number of hydrogen-bond donors (Lipinski definition) is 1. The molecule has 116 valence electrons. The van der Waals surface area contributed by atoms with E-state index in [0.29, 0.717) is 10.4 Å². The highest BCUT2D eigenvalue weighted by atomic mass is 79.9. The van der Waals surface area contributed by atoms with Gasteiger partial charge in [-0.15, -0.1) is 0 Å². The largest absolute Gasteiger partial charge is 0.314 e. The van der Waals surface area contributed by atoms with Gasteiger partial charge in [-0.05, 0) is 33.5 Å². The maximum Gasteiger partial charge on any atom is 0.283 e. The van der Waals surface area contributed by atoms with E-state index < -0.39 is 0 Å². The fourth-order valence-corrected chi connectivity index (χ4v) is 3.33. The summed E-state index contributed by atoms with van der Waals surface area (Å²) in [5, 5.41) is 14.5. The molecule has 0 bridgehead atoms. The molecule has 0 saturated carbocycles. The van der Waals surface area contributed by atoms with E-state index in [1.54, 1.807) is 12.1 Å². The average molecular weight is 356 g/mol. The third kappa shape index (κ3) is 3.81. The van der Waals surface area contributed by atoms with Gasteiger partial charge in [-0.1, -0.05) is 26.3 Å². The molecule has 1 N–H and O–H groups in total. The summed E-state index contributed by atoms with van der Waals surface area (Å²) in [6, 6.07) is 5.77. The van der Waals surface area contributed by atoms with Crippen LogP contribution in [0, 0.1) is 16.0 Å². The van der Waals surface area contributed by atoms with Crippen molar-refractivity contribution in [2.24, 2.45) is 5.92 Å². The number of rotatable bonds is 5. The number of nitrogens with one attached hydrogen (secondary N) is 1. The van der Waals surface area contributed by atoms with Crippen LogP contribution in [0.15, 0.2) is 22.7 Å². The van der Waals surface area contributed by atoms with Crippen molar-refractivity contribution in [1.29, 1.82) is 0 Å². The van der Waals surface area contributed by atoms with Crippen molar-refractivity contribution >= 4 is 21.6 Å². The molecular weight excluding hydrogens is 334 g/mol. The van der Waals surface area contributed by atoms with Gasteiger partial charge in [-0.2, -0.15) is 0 Å². The second-order valence-corrected chi connectivity index (χ2v) is 6.44. The van der Waals surface area contributed by atoms with Gasteiger partial charge in [-0.25, -0.2) is 0 Å². The standard InChI is InChI=1S/C15H22BrN3O2/c1-3-11(2)15(18-8-6-17-7-9-18)12-4-5-13(16)14(10-12)19(20)21/h4-5,10-11,15,17H,3,6-9H2,1-2H3/t11?,15-/m0/s1. The summed E-state index contributed by atoms with van der Waals surface area (Å²) in [5.41, 5.74) is 1.19. The summed E-state index contributed by atoms with van der Waals surface area (Å²) in [4.78, 5) is 13.3. The quantitative estimate of drug-likeness (QED) is 0.649. The number of nitrogens with zero attached hydrogens (tertiary/aromatic N) is 2. The predicted molar refractivity (Wildman–Crippen MR) is 87.4 cm³/mol. The van der Waals surface area contributed by atoms with Crippen molar-refractivity contribution in [3.05, 3.63) is 38.3 Å². The number of nitro groups is 1. The van der Waals surface area contributed by atoms with Gasteiger partial charge in [0.25, 0.3) is 5.69 Å². The molecule has 5 nitrogen and oxygen atoms in total. The molecule has 0 amide bonds. The van der Waals surface area contributed by atoms with Crippen LogP contribution in [0.25, 0.3) is 0 Å². The van der Waals surface area contributed by atoms with Gasteiger partial charge in [0, 0.05) is 38.3 Å². The first-order chi connectivity index (χ1) is 10.0. The first kappa shape index (κ1) is 16.4. The summed E-state index contributed by atoms with van der Waals surface area (Å²) in [6.45, 7) is 8.32. The number of piperazine rings is 1. The van der Waals surface area contributed by atoms with E-state index in [1.807, 2.05) is 6.07 Å². The van der Waals surface area contributed by atoms with Gasteiger partial charge >= 0.3 is 0 Å². The highest BCUT2D eigenvalue weighted by Crippen LogP contribution is 2.35. The average Bonchev–Trinajstić information content (AvgIpc) is 2.49. The number of hydrogen-bond acceptors (Lipinski definition) is 4. The topological polar surface area (TPSA) is 58.4 Å². The van der Waals surface area contributed by atoms with Crippen molar-refractivity contribution in [2.45, 2.75) is 26.3 Å². The lowest BCUT2D eigenvalue weighted by Crippen LogP contribution is -2.46. The molecule has 0 spiro atoms. The smallest absolute Gasteiger partial charge is 0.283 e. The van der Waals surface area contributed by atoms with Gasteiger partial charge in [-0.3, -0.25) is 15.0 Å². The van der Waals surface area contributed by atoms with Crippen molar-refractivity contribution in [3.63, 3.8) is 0 Å². The Morgan fingerprint density at radius 2 is 2.10 bits per heavy atom. The molecule has 2 atom stereocenters. The summed E-state index contributed by atoms with van der Waals surface area (Å²) in [6.07, 6.45) is 1.05. The van der Waals surface area contributed by atoms with Gasteiger partial charge in [0.15, 0.2) is 0 Å². The Hall–Kier alpha value is -0.980. The predicted octanol–water partition coefficient (Wildman–Crippen LogP) is 3.35. The molecule has 0 radical (unpaired) electrons. The van der Waals surface area contributed by atoms with E-state index >= 15 is 0 Å². The second kappa shape index (κ2) is 7.33. The van der Waals surface area contributed by atoms with Crippen LogP contribution in [0.4, 0.5) is 5.69 Å². The summed E-state index contributed by atoms with van der Waals surface area (Å²) >= 11 is 3.27. The Kier molecular flexibility index (Phi) is 5.72. The Bertz CT molecular complexity index is 504. The molecule has 6 heteroatoms. The van der Waals surface area contributed by atoms with E-state index in [1.165, 1.54) is 0 Å². The third-order valence-corrected chi connectivity index (χ3v) is 4.91. The minimum atomic E-state index is -0.320. The van der Waals surface area contributed by atoms with Crippen molar-refractivity contribution in [3.8, 4) is 0 Å². The zero-order valence-corrected chi connectivity index (χ0v) is 14.1. The Morgan fingerprint density at radius 1 is 1.43 bits per heavy atom. The zero-order valence-electron chi connectivity index (χ0n) is 12.5. The Labute approximate surface area is 134 Å². The summed E-state index contributed by atoms with van der Waals surface area (Å²) < 4.78 is 0.541. The van der Waals surface area contributed by atoms with E-state index in [0.717, 1.165) is 38.2 Å². The zero-order chi connectivity index (χ0) is 15.4. The Balaban J connectivity index is 2.36. The molecule has 1 aliphatic heterocycles. The van der Waals surface area contributed by atoms with Crippen LogP contribution in [0.2, 0.25) is 0 Å². The number of benzene rings is 1. The van der Waals surface area contributed by atoms with Crippen LogP contribution in [-0.4, -0.2) is 36.0 Å². The molecule has 21 heavy (non-hydrogen) atoms. The van der Waals surface area contributed by atoms with Crippen LogP contribution < -0.4 is 5.32 Å². The van der Waals surface area contributed by atoms with Gasteiger partial charge in [0.1, 0.15) is 0 Å². The van der Waals surface area contributed by atoms with Gasteiger partial charge in [0.05, 0.1) is 9.40 Å². The molecule has 1 aliphatic rings. The molecule has 1 aromatic carbocycles. The number of nitro benzene ring substituents is 1. The molecule has 0 aliphatic carbocycles. The molecule has 1 aromatic rings. The van der Waals surface area contributed by atoms with E-state index in [-0.39, 0.29) is 16.7 Å². The molecule has 1 unspecified atom stereocenters. The lowest BCUT2D eigenvalue weighted by atomic mass is 9.90. The van der Waals surface area contributed by atoms with E-state index in [2.05, 4.69) is 40.0 Å². The van der Waals surface area contributed by atoms with Crippen LogP contribution in [0.1, 0.15) is 31.9 Å². The monoisotopic (exact) mass is 355 g/mol. The molecule has 1 heterocycles. The Morgan fingerprint density at radius 3 is 2.67 bits per heavy atom. The molecular formula is C15H22BrN3O2. The second-order valence-electron chi connectivity index (χ2n) is 5.58. The highest BCUT2D eigenvalue weighted by Gasteiger charge is 2.28. The van der Waals surface area contributed by atoms with Crippen LogP contribution in [0.3, 0.4) is 0 Å². The van der Waals surface area contributed by atoms with E-state index in [4.69, 9.17) is 0 Å². The fourth-order valence-electron chi connectivity index (χ4n) is 2.94. The normalized spacial score (nSPS) is 19.2. The summed E-state index contributed by atoms with van der Waals surface area (Å²) in [7, 11) is 0. The fraction of sp³-hybridized carbons (Fsp3) is 0.600. The molecule has 1 saturated heterocycles. The van der Waals surface area contributed by atoms with Crippen LogP contribution in [-0.2, 0) is 0 Å². The van der Waals surface area contributed by atoms with Crippen molar-refractivity contribution in [2.75, 3.05) is 26.2 Å². The van der Waals surface area contributed by atoms with Gasteiger partial charge in [0.2, 0.25) is 0 Å². The lowest BCUT2D eigenvalue weighted by Gasteiger charge is -2.38. The van der Waals surface area contributed by atoms with Crippen LogP contribution in [0.5, 0.6) is 0 Å². The first-order valence-corrected chi connectivity index (χ1v) is 8.22. The van der Waals surface area contributed by atoms with E-state index in [9.17, 15) is 10.1 Å². The molecule has 2 rings (SSSR count). The molecule has 1 fully saturated rings. The molecule has 0 aromatic heterocycles. The minimum Gasteiger partial charge on any atom is -0.314 e. The van der Waals surface area contributed by atoms with Crippen molar-refractivity contribution in [1.82, 2.24) is 10.2 Å². The SMILES string of the molecule is CCC(C)[C@@H](c1ccc(Br)c([N+](=O)[O-])c1)N1CCNCC1. The van der Waals surface area contributed by atoms with Crippen LogP contribution >= 0.6 is 15.9 Å². The first-order valence-electron chi connectivity index (χ1n) is 7.43. The summed E-state index contributed by atoms with van der Waals surface area (Å²) in [5.74, 6) is 0.462.